The summed E-state index contributed by atoms with van der Waals surface area (Å²) in [6, 6.07) is 10.6. The number of benzene rings is 1. The lowest BCUT2D eigenvalue weighted by molar-refractivity contribution is -0.139. The van der Waals surface area contributed by atoms with Crippen LogP contribution in [0.1, 0.15) is 18.4 Å². The largest absolute Gasteiger partial charge is 0.329 e. The first-order valence-corrected chi connectivity index (χ1v) is 9.43. The molecule has 3 rings (SSSR count). The molecule has 0 saturated carbocycles. The van der Waals surface area contributed by atoms with Crippen LogP contribution in [0, 0.1) is 5.92 Å². The van der Waals surface area contributed by atoms with E-state index in [-0.39, 0.29) is 24.3 Å². The van der Waals surface area contributed by atoms with Gasteiger partial charge in [-0.1, -0.05) is 17.7 Å². The quantitative estimate of drug-likeness (QED) is 0.800. The number of nitrogens with zero attached hydrogens (tertiary/aromatic N) is 2. The number of pyridine rings is 1. The van der Waals surface area contributed by atoms with Crippen LogP contribution in [0.3, 0.4) is 0 Å². The molecule has 2 N–H and O–H groups in total. The summed E-state index contributed by atoms with van der Waals surface area (Å²) in [7, 11) is 0. The van der Waals surface area contributed by atoms with Crippen LogP contribution in [0.2, 0.25) is 5.02 Å². The summed E-state index contributed by atoms with van der Waals surface area (Å²) in [5, 5.41) is 6.69. The molecule has 7 heteroatoms. The van der Waals surface area contributed by atoms with E-state index in [0.717, 1.165) is 31.5 Å². The Balaban J connectivity index is 1.69. The Bertz CT molecular complexity index is 761. The van der Waals surface area contributed by atoms with Gasteiger partial charge in [0.2, 0.25) is 11.8 Å². The Hall–Kier alpha value is -2.44. The minimum absolute atomic E-state index is 0.000280. The van der Waals surface area contributed by atoms with Crippen molar-refractivity contribution in [1.82, 2.24) is 15.2 Å². The van der Waals surface area contributed by atoms with Crippen LogP contribution in [0.4, 0.5) is 5.69 Å². The number of carbonyl (C=O) groups is 2. The fraction of sp³-hybridized carbons (Fsp3) is 0.350. The number of carbonyl (C=O) groups excluding carboxylic acids is 2. The summed E-state index contributed by atoms with van der Waals surface area (Å²) in [5.74, 6) is -0.263. The first kappa shape index (κ1) is 19.3. The highest BCUT2D eigenvalue weighted by atomic mass is 35.5. The summed E-state index contributed by atoms with van der Waals surface area (Å²) in [6.45, 7) is 2.02. The lowest BCUT2D eigenvalue weighted by Gasteiger charge is -2.29. The summed E-state index contributed by atoms with van der Waals surface area (Å²) >= 11 is 5.87. The van der Waals surface area contributed by atoms with Crippen molar-refractivity contribution in [2.24, 2.45) is 5.92 Å². The van der Waals surface area contributed by atoms with Crippen molar-refractivity contribution in [3.63, 3.8) is 0 Å². The standard InChI is InChI=1S/C20H23ClN4O2/c21-17-3-5-18(6-4-17)24-19(26)14-25(13-15-2-1-9-23-12-15)20(27)16-7-10-22-11-8-16/h1-6,9,12,16,22H,7-8,10-11,13-14H2,(H,24,26). The number of piperidine rings is 1. The number of amides is 2. The predicted molar refractivity (Wildman–Crippen MR) is 105 cm³/mol. The summed E-state index contributed by atoms with van der Waals surface area (Å²) in [4.78, 5) is 31.3. The van der Waals surface area contributed by atoms with Gasteiger partial charge in [0.1, 0.15) is 6.54 Å². The van der Waals surface area contributed by atoms with Crippen LogP contribution in [0.15, 0.2) is 48.8 Å². The molecular formula is C20H23ClN4O2. The molecule has 0 spiro atoms. The van der Waals surface area contributed by atoms with Gasteiger partial charge >= 0.3 is 0 Å². The second-order valence-electron chi connectivity index (χ2n) is 6.63. The summed E-state index contributed by atoms with van der Waals surface area (Å²) in [5.41, 5.74) is 1.55. The molecule has 1 fully saturated rings. The third kappa shape index (κ3) is 5.77. The van der Waals surface area contributed by atoms with E-state index in [1.54, 1.807) is 41.6 Å². The average molecular weight is 387 g/mol. The molecule has 1 aliphatic rings. The van der Waals surface area contributed by atoms with Gasteiger partial charge in [-0.05, 0) is 61.8 Å². The molecule has 1 aromatic carbocycles. The SMILES string of the molecule is O=C(CN(Cc1cccnc1)C(=O)C1CCNCC1)Nc1ccc(Cl)cc1. The van der Waals surface area contributed by atoms with Gasteiger partial charge in [0.05, 0.1) is 0 Å². The number of hydrogen-bond acceptors (Lipinski definition) is 4. The Morgan fingerprint density at radius 1 is 1.19 bits per heavy atom. The molecule has 0 aliphatic carbocycles. The molecule has 142 valence electrons. The number of anilines is 1. The molecule has 0 bridgehead atoms. The Kier molecular flexibility index (Phi) is 6.79. The minimum atomic E-state index is -0.233. The summed E-state index contributed by atoms with van der Waals surface area (Å²) in [6.07, 6.45) is 5.00. The Labute approximate surface area is 163 Å². The van der Waals surface area contributed by atoms with E-state index >= 15 is 0 Å². The lowest BCUT2D eigenvalue weighted by atomic mass is 9.96. The number of aromatic nitrogens is 1. The average Bonchev–Trinajstić information content (AvgIpc) is 2.70. The van der Waals surface area contributed by atoms with E-state index in [0.29, 0.717) is 17.3 Å². The number of hydrogen-bond donors (Lipinski definition) is 2. The van der Waals surface area contributed by atoms with Crippen LogP contribution in [-0.4, -0.2) is 41.3 Å². The van der Waals surface area contributed by atoms with Gasteiger partial charge < -0.3 is 15.5 Å². The van der Waals surface area contributed by atoms with Gasteiger partial charge in [0, 0.05) is 35.6 Å². The first-order valence-electron chi connectivity index (χ1n) is 9.05. The summed E-state index contributed by atoms with van der Waals surface area (Å²) < 4.78 is 0. The van der Waals surface area contributed by atoms with Crippen LogP contribution in [-0.2, 0) is 16.1 Å². The fourth-order valence-corrected chi connectivity index (χ4v) is 3.28. The predicted octanol–water partition coefficient (Wildman–Crippen LogP) is 2.70. The smallest absolute Gasteiger partial charge is 0.244 e. The zero-order chi connectivity index (χ0) is 19.1. The molecule has 2 aromatic rings. The minimum Gasteiger partial charge on any atom is -0.329 e. The number of nitrogens with one attached hydrogen (secondary N) is 2. The lowest BCUT2D eigenvalue weighted by Crippen LogP contribution is -2.43. The molecular weight excluding hydrogens is 364 g/mol. The van der Waals surface area contributed by atoms with E-state index in [4.69, 9.17) is 11.6 Å². The highest BCUT2D eigenvalue weighted by Gasteiger charge is 2.27. The molecule has 1 saturated heterocycles. The fourth-order valence-electron chi connectivity index (χ4n) is 3.16. The van der Waals surface area contributed by atoms with Crippen molar-refractivity contribution in [3.8, 4) is 0 Å². The van der Waals surface area contributed by atoms with Crippen molar-refractivity contribution in [1.29, 1.82) is 0 Å². The molecule has 1 aromatic heterocycles. The van der Waals surface area contributed by atoms with E-state index < -0.39 is 0 Å². The maximum atomic E-state index is 13.0. The maximum absolute atomic E-state index is 13.0. The zero-order valence-corrected chi connectivity index (χ0v) is 15.8. The van der Waals surface area contributed by atoms with Crippen molar-refractivity contribution < 1.29 is 9.59 Å². The molecule has 0 radical (unpaired) electrons. The van der Waals surface area contributed by atoms with Crippen LogP contribution < -0.4 is 10.6 Å². The van der Waals surface area contributed by atoms with Gasteiger partial charge in [-0.2, -0.15) is 0 Å². The van der Waals surface area contributed by atoms with Crippen molar-refractivity contribution in [2.75, 3.05) is 25.0 Å². The van der Waals surface area contributed by atoms with Crippen LogP contribution in [0.5, 0.6) is 0 Å². The Morgan fingerprint density at radius 3 is 2.59 bits per heavy atom. The molecule has 1 aliphatic heterocycles. The van der Waals surface area contributed by atoms with Crippen molar-refractivity contribution in [2.45, 2.75) is 19.4 Å². The third-order valence-electron chi connectivity index (χ3n) is 4.56. The number of rotatable bonds is 6. The highest BCUT2D eigenvalue weighted by Crippen LogP contribution is 2.18. The molecule has 6 nitrogen and oxygen atoms in total. The van der Waals surface area contributed by atoms with Gasteiger partial charge in [0.25, 0.3) is 0 Å². The first-order chi connectivity index (χ1) is 13.1. The number of halogens is 1. The monoisotopic (exact) mass is 386 g/mol. The molecule has 2 amide bonds. The molecule has 0 atom stereocenters. The van der Waals surface area contributed by atoms with Gasteiger partial charge in [-0.15, -0.1) is 0 Å². The second-order valence-corrected chi connectivity index (χ2v) is 7.07. The third-order valence-corrected chi connectivity index (χ3v) is 4.81. The van der Waals surface area contributed by atoms with Crippen LogP contribution >= 0.6 is 11.6 Å². The van der Waals surface area contributed by atoms with Gasteiger partial charge in [-0.3, -0.25) is 14.6 Å². The van der Waals surface area contributed by atoms with E-state index in [1.165, 1.54) is 0 Å². The molecule has 27 heavy (non-hydrogen) atoms. The zero-order valence-electron chi connectivity index (χ0n) is 15.0. The molecule has 2 heterocycles. The topological polar surface area (TPSA) is 74.3 Å². The van der Waals surface area contributed by atoms with Crippen molar-refractivity contribution >= 4 is 29.1 Å². The van der Waals surface area contributed by atoms with E-state index in [9.17, 15) is 9.59 Å². The normalized spacial score (nSPS) is 14.6. The van der Waals surface area contributed by atoms with Gasteiger partial charge in [-0.25, -0.2) is 0 Å². The van der Waals surface area contributed by atoms with Gasteiger partial charge in [0.15, 0.2) is 0 Å². The van der Waals surface area contributed by atoms with E-state index in [2.05, 4.69) is 15.6 Å². The maximum Gasteiger partial charge on any atom is 0.244 e. The van der Waals surface area contributed by atoms with Crippen LogP contribution in [0.25, 0.3) is 0 Å². The van der Waals surface area contributed by atoms with E-state index in [1.807, 2.05) is 12.1 Å². The molecule has 0 unspecified atom stereocenters. The van der Waals surface area contributed by atoms with Crippen molar-refractivity contribution in [3.05, 3.63) is 59.4 Å². The second kappa shape index (κ2) is 9.48. The Morgan fingerprint density at radius 2 is 1.93 bits per heavy atom. The highest BCUT2D eigenvalue weighted by molar-refractivity contribution is 6.30.